The number of aromatic nitrogens is 1. The Bertz CT molecular complexity index is 346. The molecule has 0 amide bonds. The molecule has 4 nitrogen and oxygen atoms in total. The molecule has 1 aromatic rings. The molecule has 0 bridgehead atoms. The molecule has 0 aliphatic carbocycles. The fraction of sp³-hybridized carbons (Fsp3) is 0.455. The van der Waals surface area contributed by atoms with Gasteiger partial charge < -0.3 is 9.72 Å². The summed E-state index contributed by atoms with van der Waals surface area (Å²) >= 11 is 0. The summed E-state index contributed by atoms with van der Waals surface area (Å²) in [6.45, 7) is 5.31. The summed E-state index contributed by atoms with van der Waals surface area (Å²) in [5, 5.41) is 0. The highest BCUT2D eigenvalue weighted by molar-refractivity contribution is 6.05. The number of esters is 1. The van der Waals surface area contributed by atoms with E-state index < -0.39 is 11.6 Å². The van der Waals surface area contributed by atoms with Crippen molar-refractivity contribution >= 4 is 11.8 Å². The van der Waals surface area contributed by atoms with Crippen molar-refractivity contribution in [3.05, 3.63) is 24.0 Å². The number of ether oxygens (including phenoxy) is 1. The Balaban J connectivity index is 2.50. The van der Waals surface area contributed by atoms with Gasteiger partial charge in [0, 0.05) is 18.0 Å². The molecule has 0 aliphatic rings. The van der Waals surface area contributed by atoms with Crippen LogP contribution in [0.1, 0.15) is 37.6 Å². The molecule has 0 saturated heterocycles. The number of nitrogens with one attached hydrogen (secondary N) is 1. The van der Waals surface area contributed by atoms with E-state index in [0.29, 0.717) is 5.56 Å². The number of carbonyl (C=O) groups is 2. The van der Waals surface area contributed by atoms with Gasteiger partial charge in [0.25, 0.3) is 0 Å². The van der Waals surface area contributed by atoms with Crippen LogP contribution >= 0.6 is 0 Å². The lowest BCUT2D eigenvalue weighted by molar-refractivity contribution is -0.153. The summed E-state index contributed by atoms with van der Waals surface area (Å²) in [4.78, 5) is 25.6. The molecule has 0 radical (unpaired) electrons. The molecule has 0 atom stereocenters. The lowest BCUT2D eigenvalue weighted by atomic mass is 10.1. The molecule has 0 saturated carbocycles. The van der Waals surface area contributed by atoms with Crippen LogP contribution in [0.15, 0.2) is 18.5 Å². The predicted molar refractivity (Wildman–Crippen MR) is 55.6 cm³/mol. The smallest absolute Gasteiger partial charge is 0.314 e. The SMILES string of the molecule is CC(C)(C)OC(=O)CC(=O)c1cc[nH]c1. The van der Waals surface area contributed by atoms with Crippen molar-refractivity contribution in [3.8, 4) is 0 Å². The van der Waals surface area contributed by atoms with Crippen LogP contribution in [0, 0.1) is 0 Å². The molecular weight excluding hydrogens is 194 g/mol. The molecule has 1 aromatic heterocycles. The highest BCUT2D eigenvalue weighted by atomic mass is 16.6. The van der Waals surface area contributed by atoms with Gasteiger partial charge in [-0.2, -0.15) is 0 Å². The molecule has 4 heteroatoms. The fourth-order valence-electron chi connectivity index (χ4n) is 1.11. The Morgan fingerprint density at radius 1 is 1.40 bits per heavy atom. The lowest BCUT2D eigenvalue weighted by Gasteiger charge is -2.18. The molecule has 1 rings (SSSR count). The minimum absolute atomic E-state index is 0.213. The number of hydrogen-bond acceptors (Lipinski definition) is 3. The first-order valence-electron chi connectivity index (χ1n) is 4.76. The van der Waals surface area contributed by atoms with E-state index in [2.05, 4.69) is 4.98 Å². The van der Waals surface area contributed by atoms with Crippen LogP contribution in [0.5, 0.6) is 0 Å². The molecule has 0 aromatic carbocycles. The van der Waals surface area contributed by atoms with E-state index in [1.807, 2.05) is 0 Å². The molecular formula is C11H15NO3. The van der Waals surface area contributed by atoms with E-state index in [1.165, 1.54) is 0 Å². The van der Waals surface area contributed by atoms with Gasteiger partial charge in [-0.3, -0.25) is 9.59 Å². The molecule has 0 aliphatic heterocycles. The van der Waals surface area contributed by atoms with E-state index in [1.54, 1.807) is 39.2 Å². The maximum Gasteiger partial charge on any atom is 0.314 e. The summed E-state index contributed by atoms with van der Waals surface area (Å²) in [6.07, 6.45) is 2.99. The van der Waals surface area contributed by atoms with E-state index in [9.17, 15) is 9.59 Å². The largest absolute Gasteiger partial charge is 0.460 e. The Kier molecular flexibility index (Phi) is 3.29. The Labute approximate surface area is 88.6 Å². The summed E-state index contributed by atoms with van der Waals surface area (Å²) in [5.41, 5.74) is -0.0453. The van der Waals surface area contributed by atoms with Gasteiger partial charge in [-0.05, 0) is 26.8 Å². The average molecular weight is 209 g/mol. The number of ketones is 1. The van der Waals surface area contributed by atoms with Crippen molar-refractivity contribution in [2.75, 3.05) is 0 Å². The third-order valence-electron chi connectivity index (χ3n) is 1.64. The Morgan fingerprint density at radius 2 is 2.07 bits per heavy atom. The van der Waals surface area contributed by atoms with Crippen molar-refractivity contribution in [3.63, 3.8) is 0 Å². The summed E-state index contributed by atoms with van der Waals surface area (Å²) in [6, 6.07) is 1.63. The van der Waals surface area contributed by atoms with Crippen LogP contribution in [0.25, 0.3) is 0 Å². The van der Waals surface area contributed by atoms with Crippen LogP contribution in [0.4, 0.5) is 0 Å². The van der Waals surface area contributed by atoms with E-state index >= 15 is 0 Å². The van der Waals surface area contributed by atoms with Gasteiger partial charge >= 0.3 is 5.97 Å². The number of H-pyrrole nitrogens is 1. The predicted octanol–water partition coefficient (Wildman–Crippen LogP) is 1.93. The molecule has 82 valence electrons. The first-order valence-corrected chi connectivity index (χ1v) is 4.76. The molecule has 0 spiro atoms. The molecule has 15 heavy (non-hydrogen) atoms. The van der Waals surface area contributed by atoms with Crippen LogP contribution < -0.4 is 0 Å². The summed E-state index contributed by atoms with van der Waals surface area (Å²) < 4.78 is 5.04. The lowest BCUT2D eigenvalue weighted by Crippen LogP contribution is -2.25. The minimum atomic E-state index is -0.546. The number of Topliss-reactive ketones (excluding diaryl/α,β-unsaturated/α-hetero) is 1. The molecule has 1 N–H and O–H groups in total. The number of hydrogen-bond donors (Lipinski definition) is 1. The molecule has 0 fully saturated rings. The van der Waals surface area contributed by atoms with Gasteiger partial charge in [0.15, 0.2) is 5.78 Å². The fourth-order valence-corrected chi connectivity index (χ4v) is 1.11. The Hall–Kier alpha value is -1.58. The second-order valence-corrected chi connectivity index (χ2v) is 4.29. The van der Waals surface area contributed by atoms with Crippen molar-refractivity contribution in [2.24, 2.45) is 0 Å². The topological polar surface area (TPSA) is 59.2 Å². The first kappa shape index (κ1) is 11.5. The van der Waals surface area contributed by atoms with Crippen LogP contribution in [-0.2, 0) is 9.53 Å². The van der Waals surface area contributed by atoms with Gasteiger partial charge in [0.05, 0.1) is 0 Å². The maximum atomic E-state index is 11.5. The number of carbonyl (C=O) groups excluding carboxylic acids is 2. The minimum Gasteiger partial charge on any atom is -0.460 e. The number of aromatic amines is 1. The zero-order chi connectivity index (χ0) is 11.5. The maximum absolute atomic E-state index is 11.5. The van der Waals surface area contributed by atoms with Gasteiger partial charge in [0.1, 0.15) is 12.0 Å². The zero-order valence-electron chi connectivity index (χ0n) is 9.16. The van der Waals surface area contributed by atoms with E-state index in [0.717, 1.165) is 0 Å². The molecule has 0 unspecified atom stereocenters. The van der Waals surface area contributed by atoms with Crippen molar-refractivity contribution in [1.82, 2.24) is 4.98 Å². The van der Waals surface area contributed by atoms with Crippen molar-refractivity contribution < 1.29 is 14.3 Å². The highest BCUT2D eigenvalue weighted by Gasteiger charge is 2.19. The third kappa shape index (κ3) is 3.97. The number of rotatable bonds is 3. The average Bonchev–Trinajstić information content (AvgIpc) is 2.50. The van der Waals surface area contributed by atoms with Gasteiger partial charge in [0.2, 0.25) is 0 Å². The normalized spacial score (nSPS) is 11.1. The van der Waals surface area contributed by atoms with Crippen LogP contribution in [0.3, 0.4) is 0 Å². The van der Waals surface area contributed by atoms with E-state index in [-0.39, 0.29) is 12.2 Å². The van der Waals surface area contributed by atoms with Crippen molar-refractivity contribution in [1.29, 1.82) is 0 Å². The summed E-state index contributed by atoms with van der Waals surface area (Å²) in [7, 11) is 0. The van der Waals surface area contributed by atoms with Crippen molar-refractivity contribution in [2.45, 2.75) is 32.8 Å². The van der Waals surface area contributed by atoms with Gasteiger partial charge in [-0.25, -0.2) is 0 Å². The third-order valence-corrected chi connectivity index (χ3v) is 1.64. The van der Waals surface area contributed by atoms with Crippen LogP contribution in [-0.4, -0.2) is 22.3 Å². The summed E-state index contributed by atoms with van der Waals surface area (Å²) in [5.74, 6) is -0.723. The quantitative estimate of drug-likeness (QED) is 0.470. The highest BCUT2D eigenvalue weighted by Crippen LogP contribution is 2.10. The van der Waals surface area contributed by atoms with Gasteiger partial charge in [-0.1, -0.05) is 0 Å². The Morgan fingerprint density at radius 3 is 2.53 bits per heavy atom. The zero-order valence-corrected chi connectivity index (χ0v) is 9.16. The van der Waals surface area contributed by atoms with Gasteiger partial charge in [-0.15, -0.1) is 0 Å². The first-order chi connectivity index (χ1) is 6.88. The second-order valence-electron chi connectivity index (χ2n) is 4.29. The van der Waals surface area contributed by atoms with E-state index in [4.69, 9.17) is 4.74 Å². The second kappa shape index (κ2) is 4.29. The van der Waals surface area contributed by atoms with Crippen LogP contribution in [0.2, 0.25) is 0 Å². The monoisotopic (exact) mass is 209 g/mol. The molecule has 1 heterocycles. The standard InChI is InChI=1S/C11H15NO3/c1-11(2,3)15-10(14)6-9(13)8-4-5-12-7-8/h4-5,7,12H,6H2,1-3H3.